The molecular formula is C13H14BrN3O3. The van der Waals surface area contributed by atoms with Gasteiger partial charge in [-0.2, -0.15) is 0 Å². The molecule has 3 rings (SSSR count). The van der Waals surface area contributed by atoms with Crippen molar-refractivity contribution >= 4 is 39.1 Å². The number of rotatable bonds is 1. The van der Waals surface area contributed by atoms with Crippen LogP contribution in [-0.4, -0.2) is 36.1 Å². The molecule has 106 valence electrons. The summed E-state index contributed by atoms with van der Waals surface area (Å²) in [7, 11) is 0. The Hall–Kier alpha value is -1.60. The van der Waals surface area contributed by atoms with Crippen LogP contribution in [0.25, 0.3) is 0 Å². The number of piperazine rings is 1. The number of anilines is 2. The third-order valence-electron chi connectivity index (χ3n) is 3.73. The summed E-state index contributed by atoms with van der Waals surface area (Å²) in [4.78, 5) is 25.2. The Balaban J connectivity index is 2.01. The largest absolute Gasteiger partial charge is 0.378 e. The van der Waals surface area contributed by atoms with Crippen molar-refractivity contribution in [2.24, 2.45) is 0 Å². The van der Waals surface area contributed by atoms with Crippen molar-refractivity contribution in [3.05, 3.63) is 22.2 Å². The SMILES string of the molecule is CC1C(=O)NCCN1c1cc2c(cc1Br)C(O)C(=O)N2. The highest BCUT2D eigenvalue weighted by Crippen LogP contribution is 2.39. The fourth-order valence-electron chi connectivity index (χ4n) is 2.59. The monoisotopic (exact) mass is 339 g/mol. The van der Waals surface area contributed by atoms with Crippen LogP contribution in [0.2, 0.25) is 0 Å². The molecule has 2 unspecified atom stereocenters. The van der Waals surface area contributed by atoms with Crippen molar-refractivity contribution < 1.29 is 14.7 Å². The number of hydrogen-bond donors (Lipinski definition) is 3. The Morgan fingerprint density at radius 2 is 2.10 bits per heavy atom. The predicted molar refractivity (Wildman–Crippen MR) is 77.5 cm³/mol. The molecule has 1 aromatic rings. The van der Waals surface area contributed by atoms with Gasteiger partial charge in [0.05, 0.1) is 5.69 Å². The van der Waals surface area contributed by atoms with E-state index < -0.39 is 12.0 Å². The van der Waals surface area contributed by atoms with Crippen LogP contribution in [0.15, 0.2) is 16.6 Å². The van der Waals surface area contributed by atoms with E-state index in [0.29, 0.717) is 24.3 Å². The summed E-state index contributed by atoms with van der Waals surface area (Å²) >= 11 is 3.46. The summed E-state index contributed by atoms with van der Waals surface area (Å²) in [5.41, 5.74) is 1.99. The zero-order valence-corrected chi connectivity index (χ0v) is 12.4. The average Bonchev–Trinajstić information content (AvgIpc) is 2.68. The number of hydrogen-bond acceptors (Lipinski definition) is 4. The van der Waals surface area contributed by atoms with Gasteiger partial charge in [-0.25, -0.2) is 0 Å². The minimum Gasteiger partial charge on any atom is -0.378 e. The van der Waals surface area contributed by atoms with Gasteiger partial charge in [-0.05, 0) is 35.0 Å². The minimum atomic E-state index is -1.13. The van der Waals surface area contributed by atoms with Gasteiger partial charge in [0.1, 0.15) is 6.04 Å². The van der Waals surface area contributed by atoms with Crippen molar-refractivity contribution in [1.82, 2.24) is 5.32 Å². The second-order valence-electron chi connectivity index (χ2n) is 4.94. The molecule has 0 radical (unpaired) electrons. The van der Waals surface area contributed by atoms with Crippen LogP contribution < -0.4 is 15.5 Å². The second kappa shape index (κ2) is 4.75. The van der Waals surface area contributed by atoms with Gasteiger partial charge in [0.2, 0.25) is 5.91 Å². The summed E-state index contributed by atoms with van der Waals surface area (Å²) in [5, 5.41) is 15.2. The Morgan fingerprint density at radius 3 is 2.85 bits per heavy atom. The van der Waals surface area contributed by atoms with Crippen LogP contribution in [0.3, 0.4) is 0 Å². The Kier molecular flexibility index (Phi) is 3.18. The van der Waals surface area contributed by atoms with E-state index in [9.17, 15) is 14.7 Å². The average molecular weight is 340 g/mol. The maximum absolute atomic E-state index is 11.7. The molecule has 0 saturated carbocycles. The summed E-state index contributed by atoms with van der Waals surface area (Å²) in [5.74, 6) is -0.443. The van der Waals surface area contributed by atoms with Gasteiger partial charge in [0.15, 0.2) is 6.10 Å². The molecule has 2 heterocycles. The molecule has 20 heavy (non-hydrogen) atoms. The van der Waals surface area contributed by atoms with E-state index in [1.807, 2.05) is 11.8 Å². The predicted octanol–water partition coefficient (Wildman–Crippen LogP) is 0.759. The number of benzene rings is 1. The van der Waals surface area contributed by atoms with Gasteiger partial charge in [0.25, 0.3) is 5.91 Å². The first-order chi connectivity index (χ1) is 9.49. The molecule has 0 spiro atoms. The molecule has 2 aliphatic rings. The molecule has 1 fully saturated rings. The number of nitrogens with zero attached hydrogens (tertiary/aromatic N) is 1. The zero-order chi connectivity index (χ0) is 14.4. The Bertz CT molecular complexity index is 605. The van der Waals surface area contributed by atoms with Crippen LogP contribution in [0, 0.1) is 0 Å². The number of carbonyl (C=O) groups excluding carboxylic acids is 2. The van der Waals surface area contributed by atoms with Gasteiger partial charge in [-0.1, -0.05) is 0 Å². The quantitative estimate of drug-likeness (QED) is 0.705. The highest BCUT2D eigenvalue weighted by Gasteiger charge is 2.32. The highest BCUT2D eigenvalue weighted by molar-refractivity contribution is 9.10. The van der Waals surface area contributed by atoms with Crippen LogP contribution in [0.4, 0.5) is 11.4 Å². The number of nitrogens with one attached hydrogen (secondary N) is 2. The van der Waals surface area contributed by atoms with E-state index in [1.54, 1.807) is 12.1 Å². The first-order valence-electron chi connectivity index (χ1n) is 6.36. The van der Waals surface area contributed by atoms with Crippen molar-refractivity contribution in [1.29, 1.82) is 0 Å². The lowest BCUT2D eigenvalue weighted by Gasteiger charge is -2.35. The molecule has 1 saturated heterocycles. The summed E-state index contributed by atoms with van der Waals surface area (Å²) in [6.07, 6.45) is -1.13. The van der Waals surface area contributed by atoms with Crippen molar-refractivity contribution in [2.75, 3.05) is 23.3 Å². The molecule has 6 nitrogen and oxygen atoms in total. The first-order valence-corrected chi connectivity index (χ1v) is 7.15. The zero-order valence-electron chi connectivity index (χ0n) is 10.8. The fourth-order valence-corrected chi connectivity index (χ4v) is 3.17. The van der Waals surface area contributed by atoms with Crippen LogP contribution in [0.1, 0.15) is 18.6 Å². The van der Waals surface area contributed by atoms with Crippen molar-refractivity contribution in [3.63, 3.8) is 0 Å². The number of carbonyl (C=O) groups is 2. The van der Waals surface area contributed by atoms with Gasteiger partial charge < -0.3 is 20.6 Å². The third kappa shape index (κ3) is 1.97. The summed E-state index contributed by atoms with van der Waals surface area (Å²) < 4.78 is 0.758. The molecule has 0 aliphatic carbocycles. The lowest BCUT2D eigenvalue weighted by atomic mass is 10.1. The van der Waals surface area contributed by atoms with Crippen LogP contribution in [0.5, 0.6) is 0 Å². The molecule has 0 aromatic heterocycles. The van der Waals surface area contributed by atoms with E-state index >= 15 is 0 Å². The van der Waals surface area contributed by atoms with Gasteiger partial charge >= 0.3 is 0 Å². The van der Waals surface area contributed by atoms with E-state index in [4.69, 9.17) is 0 Å². The van der Waals surface area contributed by atoms with Gasteiger partial charge in [-0.3, -0.25) is 9.59 Å². The Morgan fingerprint density at radius 1 is 1.35 bits per heavy atom. The smallest absolute Gasteiger partial charge is 0.257 e. The van der Waals surface area contributed by atoms with Crippen molar-refractivity contribution in [2.45, 2.75) is 19.1 Å². The molecular weight excluding hydrogens is 326 g/mol. The first kappa shape index (κ1) is 13.4. The molecule has 3 N–H and O–H groups in total. The van der Waals surface area contributed by atoms with E-state index in [2.05, 4.69) is 26.6 Å². The number of amides is 2. The lowest BCUT2D eigenvalue weighted by Crippen LogP contribution is -2.54. The topological polar surface area (TPSA) is 81.7 Å². The van der Waals surface area contributed by atoms with Crippen LogP contribution in [-0.2, 0) is 9.59 Å². The van der Waals surface area contributed by atoms with Crippen LogP contribution >= 0.6 is 15.9 Å². The highest BCUT2D eigenvalue weighted by atomic mass is 79.9. The normalized spacial score (nSPS) is 25.2. The number of halogens is 1. The maximum atomic E-state index is 11.7. The minimum absolute atomic E-state index is 0.0206. The number of fused-ring (bicyclic) bond motifs is 1. The fraction of sp³-hybridized carbons (Fsp3) is 0.385. The number of aliphatic hydroxyl groups excluding tert-OH is 1. The van der Waals surface area contributed by atoms with Crippen molar-refractivity contribution in [3.8, 4) is 0 Å². The van der Waals surface area contributed by atoms with E-state index in [0.717, 1.165) is 10.2 Å². The lowest BCUT2D eigenvalue weighted by molar-refractivity contribution is -0.123. The van der Waals surface area contributed by atoms with E-state index in [-0.39, 0.29) is 11.9 Å². The number of aliphatic hydroxyl groups is 1. The van der Waals surface area contributed by atoms with Gasteiger partial charge in [0, 0.05) is 28.8 Å². The third-order valence-corrected chi connectivity index (χ3v) is 4.36. The summed E-state index contributed by atoms with van der Waals surface area (Å²) in [6.45, 7) is 3.12. The molecule has 0 bridgehead atoms. The molecule has 2 amide bonds. The Labute approximate surface area is 124 Å². The van der Waals surface area contributed by atoms with E-state index in [1.165, 1.54) is 0 Å². The molecule has 7 heteroatoms. The standard InChI is InChI=1S/C13H14BrN3O3/c1-6-12(19)15-2-3-17(6)10-5-9-7(4-8(10)14)11(18)13(20)16-9/h4-6,11,18H,2-3H2,1H3,(H,15,19)(H,16,20). The molecule has 2 atom stereocenters. The van der Waals surface area contributed by atoms with Gasteiger partial charge in [-0.15, -0.1) is 0 Å². The second-order valence-corrected chi connectivity index (χ2v) is 5.80. The molecule has 1 aromatic carbocycles. The summed E-state index contributed by atoms with van der Waals surface area (Å²) in [6, 6.07) is 3.25. The molecule has 2 aliphatic heterocycles. The maximum Gasteiger partial charge on any atom is 0.257 e.